The number of carboxylic acid groups (broad SMARTS) is 1. The lowest BCUT2D eigenvalue weighted by atomic mass is 10.2. The molecule has 0 amide bonds. The maximum absolute atomic E-state index is 11.0. The summed E-state index contributed by atoms with van der Waals surface area (Å²) in [4.78, 5) is 11.0. The van der Waals surface area contributed by atoms with E-state index in [1.807, 2.05) is 34.6 Å². The van der Waals surface area contributed by atoms with Crippen molar-refractivity contribution < 1.29 is 18.9 Å². The SMILES string of the molecule is CCC(S)(CC(=O)O)P(=S)(OC(C)C)OC(C)C. The first-order valence-corrected chi connectivity index (χ1v) is 9.06. The number of aliphatic carboxylic acids is 1. The van der Waals surface area contributed by atoms with Crippen molar-refractivity contribution >= 4 is 36.9 Å². The highest BCUT2D eigenvalue weighted by Crippen LogP contribution is 2.66. The average molecular weight is 314 g/mol. The van der Waals surface area contributed by atoms with Gasteiger partial charge in [0.2, 0.25) is 6.49 Å². The van der Waals surface area contributed by atoms with Gasteiger partial charge in [-0.3, -0.25) is 4.79 Å². The third-order valence-electron chi connectivity index (χ3n) is 2.21. The average Bonchev–Trinajstić information content (AvgIpc) is 2.13. The van der Waals surface area contributed by atoms with E-state index in [1.165, 1.54) is 0 Å². The second-order valence-electron chi connectivity index (χ2n) is 4.71. The van der Waals surface area contributed by atoms with Gasteiger partial charge in [0.1, 0.15) is 0 Å². The van der Waals surface area contributed by atoms with Gasteiger partial charge >= 0.3 is 5.97 Å². The molecule has 4 nitrogen and oxygen atoms in total. The number of carboxylic acids is 1. The fourth-order valence-electron chi connectivity index (χ4n) is 1.43. The lowest BCUT2D eigenvalue weighted by Gasteiger charge is -2.39. The van der Waals surface area contributed by atoms with Crippen molar-refractivity contribution in [3.63, 3.8) is 0 Å². The second kappa shape index (κ2) is 7.25. The van der Waals surface area contributed by atoms with E-state index in [0.717, 1.165) is 0 Å². The zero-order valence-corrected chi connectivity index (χ0v) is 14.1. The van der Waals surface area contributed by atoms with Gasteiger partial charge in [-0.05, 0) is 45.9 Å². The molecule has 1 N–H and O–H groups in total. The highest BCUT2D eigenvalue weighted by Gasteiger charge is 2.45. The highest BCUT2D eigenvalue weighted by molar-refractivity contribution is 8.15. The molecule has 0 spiro atoms. The summed E-state index contributed by atoms with van der Waals surface area (Å²) in [6, 6.07) is 0. The van der Waals surface area contributed by atoms with Gasteiger partial charge in [0.15, 0.2) is 0 Å². The van der Waals surface area contributed by atoms with Crippen molar-refractivity contribution in [3.05, 3.63) is 0 Å². The smallest absolute Gasteiger partial charge is 0.305 e. The maximum Gasteiger partial charge on any atom is 0.305 e. The number of carbonyl (C=O) groups is 1. The largest absolute Gasteiger partial charge is 0.481 e. The quantitative estimate of drug-likeness (QED) is 0.529. The van der Waals surface area contributed by atoms with Crippen LogP contribution in [0.3, 0.4) is 0 Å². The molecule has 0 saturated heterocycles. The van der Waals surface area contributed by atoms with Crippen LogP contribution in [0.4, 0.5) is 0 Å². The number of hydrogen-bond acceptors (Lipinski definition) is 5. The molecule has 0 aromatic heterocycles. The lowest BCUT2D eigenvalue weighted by molar-refractivity contribution is -0.137. The number of thiol groups is 1. The molecule has 0 radical (unpaired) electrons. The van der Waals surface area contributed by atoms with Crippen LogP contribution in [-0.4, -0.2) is 27.8 Å². The van der Waals surface area contributed by atoms with Crippen LogP contribution >= 0.6 is 19.1 Å². The molecule has 0 rings (SSSR count). The van der Waals surface area contributed by atoms with Crippen LogP contribution in [0.25, 0.3) is 0 Å². The van der Waals surface area contributed by atoms with Gasteiger partial charge < -0.3 is 14.2 Å². The Morgan fingerprint density at radius 1 is 1.33 bits per heavy atom. The summed E-state index contributed by atoms with van der Waals surface area (Å²) in [7, 11) is 0. The first-order chi connectivity index (χ1) is 8.06. The van der Waals surface area contributed by atoms with E-state index < -0.39 is 16.9 Å². The summed E-state index contributed by atoms with van der Waals surface area (Å²) in [5.41, 5.74) is 0. The van der Waals surface area contributed by atoms with E-state index in [1.54, 1.807) is 0 Å². The van der Waals surface area contributed by atoms with Gasteiger partial charge in [0.25, 0.3) is 0 Å². The van der Waals surface area contributed by atoms with Crippen molar-refractivity contribution in [2.45, 2.75) is 64.2 Å². The standard InChI is InChI=1S/C11H23O4PS2/c1-6-11(17,7-10(12)13)16(18,14-8(2)3)15-9(4)5/h8-9,17H,6-7H2,1-5H3,(H,12,13). The summed E-state index contributed by atoms with van der Waals surface area (Å²) in [6.07, 6.45) is 0.0746. The van der Waals surface area contributed by atoms with Crippen LogP contribution in [0, 0.1) is 0 Å². The summed E-state index contributed by atoms with van der Waals surface area (Å²) in [5, 5.41) is 9.02. The van der Waals surface area contributed by atoms with Gasteiger partial charge in [-0.2, -0.15) is 12.6 Å². The molecule has 0 fully saturated rings. The number of rotatable bonds is 8. The van der Waals surface area contributed by atoms with Gasteiger partial charge in [0, 0.05) is 0 Å². The first kappa shape index (κ1) is 18.4. The minimum absolute atomic E-state index is 0.124. The normalized spacial score (nSPS) is 16.0. The van der Waals surface area contributed by atoms with E-state index in [4.69, 9.17) is 26.0 Å². The van der Waals surface area contributed by atoms with Crippen molar-refractivity contribution in [2.75, 3.05) is 0 Å². The molecule has 0 aliphatic heterocycles. The molecule has 0 bridgehead atoms. The molecule has 0 aromatic carbocycles. The third kappa shape index (κ3) is 5.17. The molecular formula is C11H23O4PS2. The topological polar surface area (TPSA) is 55.8 Å². The number of hydrogen-bond donors (Lipinski definition) is 2. The monoisotopic (exact) mass is 314 g/mol. The highest BCUT2D eigenvalue weighted by atomic mass is 32.5. The summed E-state index contributed by atoms with van der Waals surface area (Å²) < 4.78 is 10.6. The molecule has 108 valence electrons. The minimum Gasteiger partial charge on any atom is -0.481 e. The van der Waals surface area contributed by atoms with Crippen LogP contribution in [0.1, 0.15) is 47.5 Å². The molecule has 0 aliphatic carbocycles. The van der Waals surface area contributed by atoms with Crippen LogP contribution in [0.2, 0.25) is 0 Å². The van der Waals surface area contributed by atoms with Gasteiger partial charge in [-0.15, -0.1) is 0 Å². The molecule has 0 heterocycles. The van der Waals surface area contributed by atoms with Crippen LogP contribution < -0.4 is 0 Å². The van der Waals surface area contributed by atoms with E-state index in [0.29, 0.717) is 6.42 Å². The van der Waals surface area contributed by atoms with Gasteiger partial charge in [-0.25, -0.2) is 0 Å². The van der Waals surface area contributed by atoms with Crippen molar-refractivity contribution in [3.8, 4) is 0 Å². The molecule has 0 saturated carbocycles. The fraction of sp³-hybridized carbons (Fsp3) is 0.909. The Morgan fingerprint density at radius 3 is 1.94 bits per heavy atom. The predicted molar refractivity (Wildman–Crippen MR) is 81.0 cm³/mol. The maximum atomic E-state index is 11.0. The zero-order chi connectivity index (χ0) is 14.6. The van der Waals surface area contributed by atoms with Crippen molar-refractivity contribution in [1.29, 1.82) is 0 Å². The Labute approximate surface area is 120 Å². The molecule has 18 heavy (non-hydrogen) atoms. The van der Waals surface area contributed by atoms with Crippen LogP contribution in [0.5, 0.6) is 0 Å². The van der Waals surface area contributed by atoms with Gasteiger partial charge in [-0.1, -0.05) is 6.92 Å². The Morgan fingerprint density at radius 2 is 1.72 bits per heavy atom. The molecule has 0 aromatic rings. The molecular weight excluding hydrogens is 291 g/mol. The molecule has 1 atom stereocenters. The summed E-state index contributed by atoms with van der Waals surface area (Å²) >= 11 is 10.0. The Bertz CT molecular complexity index is 319. The van der Waals surface area contributed by atoms with Crippen molar-refractivity contribution in [1.82, 2.24) is 0 Å². The summed E-state index contributed by atoms with van der Waals surface area (Å²) in [5.74, 6) is -0.944. The zero-order valence-electron chi connectivity index (χ0n) is 11.5. The lowest BCUT2D eigenvalue weighted by Crippen LogP contribution is -2.29. The van der Waals surface area contributed by atoms with Crippen molar-refractivity contribution in [2.24, 2.45) is 0 Å². The molecule has 7 heteroatoms. The van der Waals surface area contributed by atoms with Gasteiger partial charge in [0.05, 0.1) is 23.1 Å². The second-order valence-corrected chi connectivity index (χ2v) is 9.64. The Balaban J connectivity index is 5.36. The third-order valence-corrected chi connectivity index (χ3v) is 8.34. The Kier molecular flexibility index (Phi) is 7.40. The fourth-order valence-corrected chi connectivity index (χ4v) is 5.73. The predicted octanol–water partition coefficient (Wildman–Crippen LogP) is 3.66. The van der Waals surface area contributed by atoms with E-state index >= 15 is 0 Å². The van der Waals surface area contributed by atoms with E-state index in [-0.39, 0.29) is 18.6 Å². The molecule has 1 unspecified atom stereocenters. The molecule has 0 aliphatic rings. The van der Waals surface area contributed by atoms with Crippen LogP contribution in [0.15, 0.2) is 0 Å². The van der Waals surface area contributed by atoms with Crippen LogP contribution in [-0.2, 0) is 25.6 Å². The van der Waals surface area contributed by atoms with E-state index in [9.17, 15) is 4.79 Å². The minimum atomic E-state index is -2.79. The first-order valence-electron chi connectivity index (χ1n) is 5.97. The Hall–Kier alpha value is 0.390. The van der Waals surface area contributed by atoms with E-state index in [2.05, 4.69) is 12.6 Å². The summed E-state index contributed by atoms with van der Waals surface area (Å²) in [6.45, 7) is 6.49.